The molecule has 0 aliphatic heterocycles. The fraction of sp³-hybridized carbons (Fsp3) is 0.611. The number of halogens is 1. The standard InChI is InChI=1S/C18H30N2O4.ClH/c1-6-18(19,7-2)12-20-15(21)11-9-13-8-10-14(22-3)17(24-5)16(13)23-4;/h8,10H,6-7,9,11-12,19H2,1-5H3,(H,20,21);1H. The topological polar surface area (TPSA) is 82.8 Å². The van der Waals surface area contributed by atoms with Crippen LogP contribution in [0.15, 0.2) is 12.1 Å². The summed E-state index contributed by atoms with van der Waals surface area (Å²) in [4.78, 5) is 12.1. The highest BCUT2D eigenvalue weighted by atomic mass is 35.5. The number of hydrogen-bond acceptors (Lipinski definition) is 5. The average molecular weight is 375 g/mol. The minimum Gasteiger partial charge on any atom is -0.493 e. The molecule has 1 rings (SSSR count). The summed E-state index contributed by atoms with van der Waals surface area (Å²) in [5.74, 6) is 1.71. The van der Waals surface area contributed by atoms with Crippen LogP contribution in [0.4, 0.5) is 0 Å². The molecule has 0 radical (unpaired) electrons. The van der Waals surface area contributed by atoms with Gasteiger partial charge in [0.15, 0.2) is 11.5 Å². The van der Waals surface area contributed by atoms with Gasteiger partial charge in [0.25, 0.3) is 0 Å². The second-order valence-electron chi connectivity index (χ2n) is 5.84. The van der Waals surface area contributed by atoms with Crippen molar-refractivity contribution in [1.29, 1.82) is 0 Å². The predicted molar refractivity (Wildman–Crippen MR) is 102 cm³/mol. The van der Waals surface area contributed by atoms with E-state index in [9.17, 15) is 4.79 Å². The van der Waals surface area contributed by atoms with Crippen molar-refractivity contribution in [2.45, 2.75) is 45.1 Å². The van der Waals surface area contributed by atoms with Gasteiger partial charge in [0, 0.05) is 18.5 Å². The van der Waals surface area contributed by atoms with E-state index in [4.69, 9.17) is 19.9 Å². The number of hydrogen-bond donors (Lipinski definition) is 2. The fourth-order valence-electron chi connectivity index (χ4n) is 2.47. The maximum absolute atomic E-state index is 12.1. The van der Waals surface area contributed by atoms with E-state index in [0.29, 0.717) is 36.6 Å². The van der Waals surface area contributed by atoms with Crippen molar-refractivity contribution in [1.82, 2.24) is 5.32 Å². The van der Waals surface area contributed by atoms with Gasteiger partial charge < -0.3 is 25.3 Å². The van der Waals surface area contributed by atoms with Crippen LogP contribution in [0.25, 0.3) is 0 Å². The Kier molecular flexibility index (Phi) is 10.3. The summed E-state index contributed by atoms with van der Waals surface area (Å²) in [5, 5.41) is 2.92. The number of nitrogens with two attached hydrogens (primary N) is 1. The molecular formula is C18H31ClN2O4. The normalized spacial score (nSPS) is 10.6. The van der Waals surface area contributed by atoms with E-state index in [1.807, 2.05) is 26.0 Å². The molecule has 1 aromatic carbocycles. The van der Waals surface area contributed by atoms with Gasteiger partial charge in [-0.2, -0.15) is 0 Å². The Bertz CT molecular complexity index is 548. The van der Waals surface area contributed by atoms with E-state index >= 15 is 0 Å². The Morgan fingerprint density at radius 3 is 2.16 bits per heavy atom. The fourth-order valence-corrected chi connectivity index (χ4v) is 2.47. The van der Waals surface area contributed by atoms with Gasteiger partial charge in [-0.1, -0.05) is 19.9 Å². The third-order valence-corrected chi connectivity index (χ3v) is 4.45. The molecular weight excluding hydrogens is 344 g/mol. The number of rotatable bonds is 10. The Balaban J connectivity index is 0.00000576. The lowest BCUT2D eigenvalue weighted by molar-refractivity contribution is -0.121. The quantitative estimate of drug-likeness (QED) is 0.658. The lowest BCUT2D eigenvalue weighted by Gasteiger charge is -2.26. The maximum Gasteiger partial charge on any atom is 0.220 e. The average Bonchev–Trinajstić information content (AvgIpc) is 2.63. The van der Waals surface area contributed by atoms with E-state index < -0.39 is 0 Å². The van der Waals surface area contributed by atoms with Gasteiger partial charge in [-0.25, -0.2) is 0 Å². The third kappa shape index (κ3) is 6.29. The van der Waals surface area contributed by atoms with Crippen molar-refractivity contribution in [2.24, 2.45) is 5.73 Å². The molecule has 0 unspecified atom stereocenters. The first-order valence-electron chi connectivity index (χ1n) is 8.28. The first-order chi connectivity index (χ1) is 11.4. The van der Waals surface area contributed by atoms with E-state index in [2.05, 4.69) is 5.32 Å². The monoisotopic (exact) mass is 374 g/mol. The Labute approximate surface area is 156 Å². The van der Waals surface area contributed by atoms with E-state index in [1.54, 1.807) is 21.3 Å². The van der Waals surface area contributed by atoms with Crippen LogP contribution in [0, 0.1) is 0 Å². The molecule has 0 saturated heterocycles. The molecule has 0 aliphatic rings. The van der Waals surface area contributed by atoms with E-state index in [-0.39, 0.29) is 23.9 Å². The van der Waals surface area contributed by atoms with Crippen LogP contribution >= 0.6 is 12.4 Å². The summed E-state index contributed by atoms with van der Waals surface area (Å²) >= 11 is 0. The van der Waals surface area contributed by atoms with Gasteiger partial charge >= 0.3 is 0 Å². The van der Waals surface area contributed by atoms with Crippen LogP contribution in [-0.4, -0.2) is 39.3 Å². The minimum absolute atomic E-state index is 0. The number of ether oxygens (including phenoxy) is 3. The zero-order chi connectivity index (χ0) is 18.2. The van der Waals surface area contributed by atoms with Gasteiger partial charge in [-0.05, 0) is 30.9 Å². The molecule has 6 nitrogen and oxygen atoms in total. The third-order valence-electron chi connectivity index (χ3n) is 4.45. The van der Waals surface area contributed by atoms with Gasteiger partial charge in [-0.3, -0.25) is 4.79 Å². The molecule has 0 bridgehead atoms. The Morgan fingerprint density at radius 1 is 1.08 bits per heavy atom. The zero-order valence-electron chi connectivity index (χ0n) is 15.8. The molecule has 0 fully saturated rings. The van der Waals surface area contributed by atoms with Crippen molar-refractivity contribution in [3.05, 3.63) is 17.7 Å². The molecule has 3 N–H and O–H groups in total. The summed E-state index contributed by atoms with van der Waals surface area (Å²) in [7, 11) is 4.71. The highest BCUT2D eigenvalue weighted by Crippen LogP contribution is 2.40. The summed E-state index contributed by atoms with van der Waals surface area (Å²) in [6, 6.07) is 3.70. The summed E-state index contributed by atoms with van der Waals surface area (Å²) < 4.78 is 16.1. The van der Waals surface area contributed by atoms with Crippen molar-refractivity contribution < 1.29 is 19.0 Å². The van der Waals surface area contributed by atoms with Crippen LogP contribution < -0.4 is 25.3 Å². The van der Waals surface area contributed by atoms with Gasteiger partial charge in [-0.15, -0.1) is 12.4 Å². The molecule has 0 spiro atoms. The molecule has 1 amide bonds. The largest absolute Gasteiger partial charge is 0.493 e. The molecule has 0 aliphatic carbocycles. The second kappa shape index (κ2) is 11.1. The molecule has 0 saturated carbocycles. The molecule has 144 valence electrons. The Morgan fingerprint density at radius 2 is 1.68 bits per heavy atom. The smallest absolute Gasteiger partial charge is 0.220 e. The minimum atomic E-state index is -0.337. The summed E-state index contributed by atoms with van der Waals surface area (Å²) in [5.41, 5.74) is 6.76. The van der Waals surface area contributed by atoms with E-state index in [0.717, 1.165) is 18.4 Å². The Hall–Kier alpha value is -1.66. The predicted octanol–water partition coefficient (Wildman–Crippen LogP) is 2.70. The number of methoxy groups -OCH3 is 3. The number of carbonyl (C=O) groups excluding carboxylic acids is 1. The van der Waals surface area contributed by atoms with Crippen LogP contribution in [0.1, 0.15) is 38.7 Å². The number of amides is 1. The van der Waals surface area contributed by atoms with Crippen LogP contribution in [0.5, 0.6) is 17.2 Å². The van der Waals surface area contributed by atoms with Gasteiger partial charge in [0.1, 0.15) is 0 Å². The highest BCUT2D eigenvalue weighted by molar-refractivity contribution is 5.85. The first-order valence-corrected chi connectivity index (χ1v) is 8.28. The molecule has 1 aromatic rings. The van der Waals surface area contributed by atoms with Crippen LogP contribution in [-0.2, 0) is 11.2 Å². The second-order valence-corrected chi connectivity index (χ2v) is 5.84. The molecule has 25 heavy (non-hydrogen) atoms. The highest BCUT2D eigenvalue weighted by Gasteiger charge is 2.21. The van der Waals surface area contributed by atoms with Crippen molar-refractivity contribution in [3.8, 4) is 17.2 Å². The number of carbonyl (C=O) groups is 1. The van der Waals surface area contributed by atoms with E-state index in [1.165, 1.54) is 0 Å². The molecule has 0 heterocycles. The number of aryl methyl sites for hydroxylation is 1. The molecule has 0 aromatic heterocycles. The first kappa shape index (κ1) is 23.3. The van der Waals surface area contributed by atoms with Crippen molar-refractivity contribution in [2.75, 3.05) is 27.9 Å². The number of benzene rings is 1. The molecule has 7 heteroatoms. The van der Waals surface area contributed by atoms with Crippen molar-refractivity contribution in [3.63, 3.8) is 0 Å². The van der Waals surface area contributed by atoms with Crippen LogP contribution in [0.2, 0.25) is 0 Å². The van der Waals surface area contributed by atoms with Gasteiger partial charge in [0.2, 0.25) is 11.7 Å². The SMILES string of the molecule is CCC(N)(CC)CNC(=O)CCc1ccc(OC)c(OC)c1OC.Cl. The summed E-state index contributed by atoms with van der Waals surface area (Å²) in [6.07, 6.45) is 2.56. The van der Waals surface area contributed by atoms with Gasteiger partial charge in [0.05, 0.1) is 21.3 Å². The summed E-state index contributed by atoms with van der Waals surface area (Å²) in [6.45, 7) is 4.55. The lowest BCUT2D eigenvalue weighted by atomic mass is 9.94. The maximum atomic E-state index is 12.1. The lowest BCUT2D eigenvalue weighted by Crippen LogP contribution is -2.49. The zero-order valence-corrected chi connectivity index (χ0v) is 16.6. The number of nitrogens with one attached hydrogen (secondary N) is 1. The van der Waals surface area contributed by atoms with Crippen molar-refractivity contribution >= 4 is 18.3 Å². The molecule has 0 atom stereocenters. The van der Waals surface area contributed by atoms with Crippen LogP contribution in [0.3, 0.4) is 0 Å².